The van der Waals surface area contributed by atoms with Gasteiger partial charge < -0.3 is 0 Å². The fourth-order valence-corrected chi connectivity index (χ4v) is 3.05. The molecule has 4 rings (SSSR count). The summed E-state index contributed by atoms with van der Waals surface area (Å²) in [5, 5.41) is 4.37. The lowest BCUT2D eigenvalue weighted by molar-refractivity contribution is -0.124. The summed E-state index contributed by atoms with van der Waals surface area (Å²) in [6, 6.07) is 22.8. The van der Waals surface area contributed by atoms with E-state index in [2.05, 4.69) is 10.3 Å². The molecule has 1 aliphatic rings. The van der Waals surface area contributed by atoms with E-state index in [1.165, 1.54) is 0 Å². The van der Waals surface area contributed by atoms with Crippen LogP contribution < -0.4 is 5.32 Å². The summed E-state index contributed by atoms with van der Waals surface area (Å²) < 4.78 is 0. The van der Waals surface area contributed by atoms with Gasteiger partial charge in [-0.2, -0.15) is 0 Å². The minimum atomic E-state index is -0.691. The zero-order chi connectivity index (χ0) is 16.5. The average Bonchev–Trinajstić information content (AvgIpc) is 2.89. The number of carbonyl (C=O) groups is 2. The van der Waals surface area contributed by atoms with Gasteiger partial charge in [0.25, 0.3) is 5.91 Å². The first-order chi connectivity index (χ1) is 11.7. The van der Waals surface area contributed by atoms with E-state index in [-0.39, 0.29) is 11.6 Å². The van der Waals surface area contributed by atoms with Crippen molar-refractivity contribution in [3.05, 3.63) is 78.4 Å². The number of nitrogens with zero attached hydrogens (tertiary/aromatic N) is 1. The van der Waals surface area contributed by atoms with E-state index in [9.17, 15) is 9.59 Å². The molecule has 3 aromatic carbocycles. The Hall–Kier alpha value is -3.27. The van der Waals surface area contributed by atoms with Crippen molar-refractivity contribution in [2.45, 2.75) is 5.92 Å². The van der Waals surface area contributed by atoms with E-state index in [1.807, 2.05) is 72.8 Å². The van der Waals surface area contributed by atoms with Crippen molar-refractivity contribution in [3.63, 3.8) is 0 Å². The molecule has 1 unspecified atom stereocenters. The van der Waals surface area contributed by atoms with Gasteiger partial charge in [-0.15, -0.1) is 0 Å². The smallest absolute Gasteiger partial charge is 0.273 e. The van der Waals surface area contributed by atoms with Crippen LogP contribution in [-0.2, 0) is 9.59 Å². The minimum absolute atomic E-state index is 0.238. The summed E-state index contributed by atoms with van der Waals surface area (Å²) in [6.45, 7) is 0. The number of hydrogen-bond acceptors (Lipinski definition) is 3. The van der Waals surface area contributed by atoms with Crippen molar-refractivity contribution >= 4 is 34.0 Å². The molecule has 0 radical (unpaired) electrons. The van der Waals surface area contributed by atoms with Gasteiger partial charge in [0.1, 0.15) is 11.6 Å². The number of aliphatic imine (C=N–C) groups is 1. The van der Waals surface area contributed by atoms with E-state index >= 15 is 0 Å². The third-order valence-electron chi connectivity index (χ3n) is 4.15. The Morgan fingerprint density at radius 2 is 1.50 bits per heavy atom. The van der Waals surface area contributed by atoms with Gasteiger partial charge in [-0.1, -0.05) is 60.7 Å². The highest BCUT2D eigenvalue weighted by atomic mass is 16.2. The molecule has 1 N–H and O–H groups in total. The maximum absolute atomic E-state index is 12.4. The van der Waals surface area contributed by atoms with Crippen LogP contribution in [0.1, 0.15) is 11.5 Å². The lowest BCUT2D eigenvalue weighted by Crippen LogP contribution is -2.22. The summed E-state index contributed by atoms with van der Waals surface area (Å²) in [5.74, 6) is -1.45. The number of hydrogen-bond donors (Lipinski definition) is 1. The Morgan fingerprint density at radius 3 is 2.33 bits per heavy atom. The van der Waals surface area contributed by atoms with Crippen molar-refractivity contribution in [2.75, 3.05) is 0 Å². The third-order valence-corrected chi connectivity index (χ3v) is 4.15. The maximum atomic E-state index is 12.4. The molecule has 1 saturated heterocycles. The first kappa shape index (κ1) is 14.3. The van der Waals surface area contributed by atoms with Gasteiger partial charge in [-0.05, 0) is 28.5 Å². The van der Waals surface area contributed by atoms with Crippen LogP contribution in [0.2, 0.25) is 0 Å². The monoisotopic (exact) mass is 314 g/mol. The van der Waals surface area contributed by atoms with Crippen LogP contribution in [0.3, 0.4) is 0 Å². The van der Waals surface area contributed by atoms with Gasteiger partial charge in [0, 0.05) is 0 Å². The molecule has 1 aliphatic heterocycles. The molecule has 0 aromatic heterocycles. The second-order valence-electron chi connectivity index (χ2n) is 5.65. The zero-order valence-corrected chi connectivity index (χ0v) is 12.8. The summed E-state index contributed by atoms with van der Waals surface area (Å²) >= 11 is 0. The third kappa shape index (κ3) is 2.38. The lowest BCUT2D eigenvalue weighted by Gasteiger charge is -2.11. The number of imide groups is 1. The normalized spacial score (nSPS) is 19.0. The number of fused-ring (bicyclic) bond motifs is 1. The molecular weight excluding hydrogens is 300 g/mol. The van der Waals surface area contributed by atoms with Gasteiger partial charge in [-0.3, -0.25) is 14.9 Å². The van der Waals surface area contributed by atoms with Crippen LogP contribution in [0.5, 0.6) is 0 Å². The molecule has 4 heteroatoms. The fourth-order valence-electron chi connectivity index (χ4n) is 3.05. The van der Waals surface area contributed by atoms with Crippen LogP contribution in [0.15, 0.2) is 77.8 Å². The van der Waals surface area contributed by atoms with Gasteiger partial charge in [-0.25, -0.2) is 4.99 Å². The van der Waals surface area contributed by atoms with Crippen molar-refractivity contribution in [2.24, 2.45) is 4.99 Å². The Bertz CT molecular complexity index is 972. The number of benzene rings is 3. The van der Waals surface area contributed by atoms with Crippen molar-refractivity contribution in [3.8, 4) is 0 Å². The van der Waals surface area contributed by atoms with Crippen LogP contribution in [-0.4, -0.2) is 17.5 Å². The predicted molar refractivity (Wildman–Crippen MR) is 93.4 cm³/mol. The topological polar surface area (TPSA) is 58.5 Å². The quantitative estimate of drug-likeness (QED) is 0.737. The van der Waals surface area contributed by atoms with Crippen molar-refractivity contribution in [1.82, 2.24) is 5.32 Å². The SMILES string of the molecule is O=C1NC(=O)C(c2cccc3ccccc23)C1=Nc1ccccc1. The van der Waals surface area contributed by atoms with Gasteiger partial charge >= 0.3 is 0 Å². The number of rotatable bonds is 2. The fraction of sp³-hybridized carbons (Fsp3) is 0.0500. The van der Waals surface area contributed by atoms with Crippen LogP contribution >= 0.6 is 0 Å². The van der Waals surface area contributed by atoms with Gasteiger partial charge in [0.15, 0.2) is 0 Å². The van der Waals surface area contributed by atoms with Crippen LogP contribution in [0, 0.1) is 0 Å². The summed E-state index contributed by atoms with van der Waals surface area (Å²) in [5.41, 5.74) is 1.69. The average molecular weight is 314 g/mol. The molecule has 116 valence electrons. The zero-order valence-electron chi connectivity index (χ0n) is 12.8. The molecule has 0 saturated carbocycles. The molecule has 1 atom stereocenters. The largest absolute Gasteiger partial charge is 0.290 e. The number of nitrogens with one attached hydrogen (secondary N) is 1. The molecule has 1 heterocycles. The number of para-hydroxylation sites is 1. The first-order valence-corrected chi connectivity index (χ1v) is 7.70. The molecule has 1 fully saturated rings. The highest BCUT2D eigenvalue weighted by Crippen LogP contribution is 2.30. The van der Waals surface area contributed by atoms with E-state index < -0.39 is 11.8 Å². The number of amides is 2. The van der Waals surface area contributed by atoms with Crippen LogP contribution in [0.25, 0.3) is 10.8 Å². The maximum Gasteiger partial charge on any atom is 0.273 e. The predicted octanol–water partition coefficient (Wildman–Crippen LogP) is 3.35. The first-order valence-electron chi connectivity index (χ1n) is 7.70. The van der Waals surface area contributed by atoms with Crippen molar-refractivity contribution in [1.29, 1.82) is 0 Å². The summed E-state index contributed by atoms with van der Waals surface area (Å²) in [7, 11) is 0. The van der Waals surface area contributed by atoms with E-state index in [4.69, 9.17) is 0 Å². The second kappa shape index (κ2) is 5.74. The Balaban J connectivity index is 1.89. The molecule has 0 aliphatic carbocycles. The standard InChI is InChI=1S/C20H14N2O2/c23-19-17(16-12-6-8-13-7-4-5-11-15(13)16)18(20(24)22-19)21-14-9-2-1-3-10-14/h1-12,17H,(H,22,23,24). The second-order valence-corrected chi connectivity index (χ2v) is 5.65. The van der Waals surface area contributed by atoms with Gasteiger partial charge in [0.2, 0.25) is 5.91 Å². The van der Waals surface area contributed by atoms with Gasteiger partial charge in [0.05, 0.1) is 5.69 Å². The van der Waals surface area contributed by atoms with Crippen LogP contribution in [0.4, 0.5) is 5.69 Å². The van der Waals surface area contributed by atoms with E-state index in [0.717, 1.165) is 16.3 Å². The molecule has 0 spiro atoms. The van der Waals surface area contributed by atoms with E-state index in [0.29, 0.717) is 5.69 Å². The molecule has 24 heavy (non-hydrogen) atoms. The highest BCUT2D eigenvalue weighted by molar-refractivity contribution is 6.52. The Labute approximate surface area is 138 Å². The lowest BCUT2D eigenvalue weighted by atomic mass is 9.91. The minimum Gasteiger partial charge on any atom is -0.290 e. The molecule has 3 aromatic rings. The highest BCUT2D eigenvalue weighted by Gasteiger charge is 2.39. The molecule has 4 nitrogen and oxygen atoms in total. The Kier molecular flexibility index (Phi) is 3.43. The van der Waals surface area contributed by atoms with Crippen molar-refractivity contribution < 1.29 is 9.59 Å². The molecule has 0 bridgehead atoms. The number of carbonyl (C=O) groups excluding carboxylic acids is 2. The molecule has 2 amide bonds. The summed E-state index contributed by atoms with van der Waals surface area (Å²) in [6.07, 6.45) is 0. The molecular formula is C20H14N2O2. The van der Waals surface area contributed by atoms with E-state index in [1.54, 1.807) is 0 Å². The summed E-state index contributed by atoms with van der Waals surface area (Å²) in [4.78, 5) is 29.1. The Morgan fingerprint density at radius 1 is 0.792 bits per heavy atom.